The monoisotopic (exact) mass is 371 g/mol. The van der Waals surface area contributed by atoms with Gasteiger partial charge in [0, 0.05) is 12.6 Å². The van der Waals surface area contributed by atoms with Crippen LogP contribution in [0.15, 0.2) is 59.5 Å². The molecule has 25 heavy (non-hydrogen) atoms. The fraction of sp³-hybridized carbons (Fsp3) is 0.235. The number of alkyl halides is 3. The summed E-state index contributed by atoms with van der Waals surface area (Å²) in [6.07, 6.45) is -4.48. The second-order valence-corrected chi connectivity index (χ2v) is 7.54. The van der Waals surface area contributed by atoms with Crippen molar-refractivity contribution in [2.75, 3.05) is 13.6 Å². The van der Waals surface area contributed by atoms with Gasteiger partial charge in [0.1, 0.15) is 6.54 Å². The Morgan fingerprint density at radius 3 is 2.08 bits per heavy atom. The van der Waals surface area contributed by atoms with Gasteiger partial charge in [0.2, 0.25) is 0 Å². The van der Waals surface area contributed by atoms with Gasteiger partial charge in [-0.3, -0.25) is 4.79 Å². The van der Waals surface area contributed by atoms with Crippen LogP contribution in [0.25, 0.3) is 0 Å². The summed E-state index contributed by atoms with van der Waals surface area (Å²) in [5, 5.41) is 0. The summed E-state index contributed by atoms with van der Waals surface area (Å²) in [4.78, 5) is 12.7. The number of nitrogens with zero attached hydrogens (tertiary/aromatic N) is 1. The van der Waals surface area contributed by atoms with Crippen molar-refractivity contribution in [1.82, 2.24) is 4.90 Å². The van der Waals surface area contributed by atoms with E-state index in [1.807, 2.05) is 0 Å². The number of carbonyl (C=O) groups is 1. The van der Waals surface area contributed by atoms with Gasteiger partial charge in [-0.15, -0.1) is 0 Å². The molecule has 1 amide bonds. The highest BCUT2D eigenvalue weighted by atomic mass is 32.2. The van der Waals surface area contributed by atoms with Crippen LogP contribution >= 0.6 is 0 Å². The number of halogens is 3. The van der Waals surface area contributed by atoms with Crippen molar-refractivity contribution in [2.45, 2.75) is 16.8 Å². The van der Waals surface area contributed by atoms with Gasteiger partial charge in [-0.1, -0.05) is 30.3 Å². The van der Waals surface area contributed by atoms with Crippen LogP contribution in [0.5, 0.6) is 0 Å². The molecule has 0 aromatic heterocycles. The van der Waals surface area contributed by atoms with Crippen molar-refractivity contribution in [3.05, 3.63) is 65.7 Å². The summed E-state index contributed by atoms with van der Waals surface area (Å²) in [6, 6.07) is 13.4. The molecule has 0 atom stereocenters. The highest BCUT2D eigenvalue weighted by Crippen LogP contribution is 2.19. The van der Waals surface area contributed by atoms with Gasteiger partial charge in [0.25, 0.3) is 5.91 Å². The first-order valence-corrected chi connectivity index (χ1v) is 8.93. The van der Waals surface area contributed by atoms with Gasteiger partial charge in [-0.05, 0) is 29.8 Å². The van der Waals surface area contributed by atoms with Crippen LogP contribution in [0, 0.1) is 0 Å². The fourth-order valence-corrected chi connectivity index (χ4v) is 3.61. The van der Waals surface area contributed by atoms with Crippen molar-refractivity contribution >= 4 is 15.7 Å². The number of carbonyl (C=O) groups excluding carboxylic acids is 1. The maximum absolute atomic E-state index is 12.3. The molecule has 0 bridgehead atoms. The van der Waals surface area contributed by atoms with Gasteiger partial charge in [0.15, 0.2) is 9.84 Å². The normalized spacial score (nSPS) is 12.0. The van der Waals surface area contributed by atoms with E-state index in [4.69, 9.17) is 0 Å². The Kier molecular flexibility index (Phi) is 5.52. The molecule has 4 nitrogen and oxygen atoms in total. The molecule has 0 radical (unpaired) electrons. The van der Waals surface area contributed by atoms with Crippen LogP contribution in [0.2, 0.25) is 0 Å². The maximum Gasteiger partial charge on any atom is 0.406 e. The second-order valence-electron chi connectivity index (χ2n) is 5.55. The minimum absolute atomic E-state index is 0.0626. The van der Waals surface area contributed by atoms with Gasteiger partial charge in [0.05, 0.1) is 10.6 Å². The number of sulfone groups is 1. The summed E-state index contributed by atoms with van der Waals surface area (Å²) >= 11 is 0. The molecule has 0 aliphatic heterocycles. The molecule has 0 N–H and O–H groups in total. The van der Waals surface area contributed by atoms with Crippen LogP contribution in [0.3, 0.4) is 0 Å². The van der Waals surface area contributed by atoms with Crippen LogP contribution in [0.1, 0.15) is 15.9 Å². The molecule has 0 unspecified atom stereocenters. The lowest BCUT2D eigenvalue weighted by Gasteiger charge is -2.19. The van der Waals surface area contributed by atoms with Gasteiger partial charge in [-0.2, -0.15) is 13.2 Å². The highest BCUT2D eigenvalue weighted by Gasteiger charge is 2.31. The smallest absolute Gasteiger partial charge is 0.333 e. The van der Waals surface area contributed by atoms with Gasteiger partial charge >= 0.3 is 6.18 Å². The largest absolute Gasteiger partial charge is 0.406 e. The van der Waals surface area contributed by atoms with E-state index in [0.717, 1.165) is 7.05 Å². The van der Waals surface area contributed by atoms with Crippen LogP contribution in [-0.2, 0) is 15.6 Å². The molecular formula is C17H16F3NO3S. The summed E-state index contributed by atoms with van der Waals surface area (Å²) in [7, 11) is -2.47. The first kappa shape index (κ1) is 19.0. The van der Waals surface area contributed by atoms with Crippen molar-refractivity contribution in [3.8, 4) is 0 Å². The van der Waals surface area contributed by atoms with Crippen molar-refractivity contribution in [2.24, 2.45) is 0 Å². The standard InChI is InChI=1S/C17H16F3NO3S/c1-21(12-17(18,19)20)16(22)14-9-7-13(8-10-14)11-25(23,24)15-5-3-2-4-6-15/h2-10H,11-12H2,1H3. The van der Waals surface area contributed by atoms with E-state index in [9.17, 15) is 26.4 Å². The topological polar surface area (TPSA) is 54.5 Å². The third kappa shape index (κ3) is 5.32. The molecule has 0 saturated carbocycles. The third-order valence-electron chi connectivity index (χ3n) is 3.42. The summed E-state index contributed by atoms with van der Waals surface area (Å²) in [5.74, 6) is -1.04. The van der Waals surface area contributed by atoms with Crippen molar-refractivity contribution < 1.29 is 26.4 Å². The quantitative estimate of drug-likeness (QED) is 0.810. The summed E-state index contributed by atoms with van der Waals surface area (Å²) in [5.41, 5.74) is 0.506. The molecule has 0 heterocycles. The second kappa shape index (κ2) is 7.26. The molecule has 8 heteroatoms. The van der Waals surface area contributed by atoms with Crippen LogP contribution < -0.4 is 0 Å². The lowest BCUT2D eigenvalue weighted by Crippen LogP contribution is -2.35. The van der Waals surface area contributed by atoms with E-state index in [2.05, 4.69) is 0 Å². The Hall–Kier alpha value is -2.35. The molecule has 0 aliphatic rings. The lowest BCUT2D eigenvalue weighted by molar-refractivity contribution is -0.138. The van der Waals surface area contributed by atoms with Crippen LogP contribution in [0.4, 0.5) is 13.2 Å². The lowest BCUT2D eigenvalue weighted by atomic mass is 10.1. The highest BCUT2D eigenvalue weighted by molar-refractivity contribution is 7.90. The number of hydrogen-bond donors (Lipinski definition) is 0. The Labute approximate surface area is 143 Å². The average molecular weight is 371 g/mol. The zero-order chi connectivity index (χ0) is 18.7. The summed E-state index contributed by atoms with van der Waals surface area (Å²) in [6.45, 7) is -1.35. The third-order valence-corrected chi connectivity index (χ3v) is 5.13. The molecule has 2 aromatic carbocycles. The Balaban J connectivity index is 2.11. The number of benzene rings is 2. The Morgan fingerprint density at radius 2 is 1.56 bits per heavy atom. The molecule has 2 aromatic rings. The molecule has 0 saturated heterocycles. The number of hydrogen-bond acceptors (Lipinski definition) is 3. The minimum Gasteiger partial charge on any atom is -0.333 e. The minimum atomic E-state index is -4.48. The van der Waals surface area contributed by atoms with E-state index in [1.165, 1.54) is 36.4 Å². The van der Waals surface area contributed by atoms with Gasteiger partial charge < -0.3 is 4.90 Å². The van der Waals surface area contributed by atoms with Crippen molar-refractivity contribution in [3.63, 3.8) is 0 Å². The van der Waals surface area contributed by atoms with Gasteiger partial charge in [-0.25, -0.2) is 8.42 Å². The predicted molar refractivity (Wildman–Crippen MR) is 86.8 cm³/mol. The molecule has 0 fully saturated rings. The SMILES string of the molecule is CN(CC(F)(F)F)C(=O)c1ccc(CS(=O)(=O)c2ccccc2)cc1. The van der Waals surface area contributed by atoms with Crippen LogP contribution in [-0.4, -0.2) is 39.0 Å². The number of rotatable bonds is 5. The van der Waals surface area contributed by atoms with Crippen molar-refractivity contribution in [1.29, 1.82) is 0 Å². The van der Waals surface area contributed by atoms with E-state index in [-0.39, 0.29) is 16.2 Å². The fourth-order valence-electron chi connectivity index (χ4n) is 2.24. The maximum atomic E-state index is 12.3. The van der Waals surface area contributed by atoms with E-state index in [1.54, 1.807) is 18.2 Å². The van der Waals surface area contributed by atoms with E-state index in [0.29, 0.717) is 10.5 Å². The zero-order valence-corrected chi connectivity index (χ0v) is 14.1. The zero-order valence-electron chi connectivity index (χ0n) is 13.3. The molecular weight excluding hydrogens is 355 g/mol. The summed E-state index contributed by atoms with van der Waals surface area (Å²) < 4.78 is 61.6. The predicted octanol–water partition coefficient (Wildman–Crippen LogP) is 3.29. The molecule has 134 valence electrons. The Morgan fingerprint density at radius 1 is 1.00 bits per heavy atom. The average Bonchev–Trinajstić information content (AvgIpc) is 2.54. The molecule has 2 rings (SSSR count). The number of amides is 1. The van der Waals surface area contributed by atoms with E-state index >= 15 is 0 Å². The molecule has 0 spiro atoms. The molecule has 0 aliphatic carbocycles. The Bertz CT molecular complexity index is 832. The first-order chi connectivity index (χ1) is 11.6. The van der Waals surface area contributed by atoms with E-state index < -0.39 is 28.5 Å². The first-order valence-electron chi connectivity index (χ1n) is 7.27.